The van der Waals surface area contributed by atoms with Gasteiger partial charge in [0.05, 0.1) is 18.1 Å². The summed E-state index contributed by atoms with van der Waals surface area (Å²) in [6.45, 7) is 0.614. The standard InChI is InChI=1S/C19H22N8O2/c1-26-12-16(24-25-26)19(29)21-10-13-4-5-14(9-13)23-17-7-6-15(11-20-17)27-18(28)3-2-8-22-27/h2-3,6-8,11-14H,4-5,9-10H2,1H3,(H,20,23)(H,21,29)/t13-,14+/m0/s1. The number of aromatic nitrogens is 6. The molecule has 0 unspecified atom stereocenters. The van der Waals surface area contributed by atoms with Gasteiger partial charge in [-0.05, 0) is 43.4 Å². The SMILES string of the molecule is Cn1cc(C(=O)NC[C@H]2CC[C@@H](Nc3ccc(-n4ncccc4=O)cn3)C2)nn1. The second kappa shape index (κ2) is 8.21. The summed E-state index contributed by atoms with van der Waals surface area (Å²) in [5.74, 6) is 0.961. The van der Waals surface area contributed by atoms with Crippen LogP contribution in [0.3, 0.4) is 0 Å². The van der Waals surface area contributed by atoms with Gasteiger partial charge in [-0.15, -0.1) is 5.10 Å². The lowest BCUT2D eigenvalue weighted by atomic mass is 10.1. The van der Waals surface area contributed by atoms with Crippen LogP contribution in [0.1, 0.15) is 29.8 Å². The predicted molar refractivity (Wildman–Crippen MR) is 106 cm³/mol. The van der Waals surface area contributed by atoms with Crippen LogP contribution in [0.4, 0.5) is 5.82 Å². The fraction of sp³-hybridized carbons (Fsp3) is 0.368. The zero-order valence-corrected chi connectivity index (χ0v) is 16.0. The molecule has 10 heteroatoms. The number of carbonyl (C=O) groups is 1. The zero-order valence-electron chi connectivity index (χ0n) is 16.0. The van der Waals surface area contributed by atoms with Gasteiger partial charge in [0.15, 0.2) is 5.69 Å². The molecule has 10 nitrogen and oxygen atoms in total. The second-order valence-corrected chi connectivity index (χ2v) is 7.18. The summed E-state index contributed by atoms with van der Waals surface area (Å²) in [6, 6.07) is 7.02. The zero-order chi connectivity index (χ0) is 20.2. The van der Waals surface area contributed by atoms with Gasteiger partial charge in [-0.25, -0.2) is 4.98 Å². The van der Waals surface area contributed by atoms with Gasteiger partial charge in [-0.1, -0.05) is 5.21 Å². The quantitative estimate of drug-likeness (QED) is 0.633. The van der Waals surface area contributed by atoms with Crippen molar-refractivity contribution in [2.45, 2.75) is 25.3 Å². The summed E-state index contributed by atoms with van der Waals surface area (Å²) < 4.78 is 2.81. The van der Waals surface area contributed by atoms with Crippen molar-refractivity contribution in [3.05, 3.63) is 58.9 Å². The number of nitrogens with one attached hydrogen (secondary N) is 2. The van der Waals surface area contributed by atoms with Crippen molar-refractivity contribution in [2.24, 2.45) is 13.0 Å². The van der Waals surface area contributed by atoms with E-state index in [9.17, 15) is 9.59 Å². The summed E-state index contributed by atoms with van der Waals surface area (Å²) >= 11 is 0. The summed E-state index contributed by atoms with van der Waals surface area (Å²) in [6.07, 6.45) is 7.78. The number of hydrogen-bond donors (Lipinski definition) is 2. The highest BCUT2D eigenvalue weighted by molar-refractivity contribution is 5.91. The van der Waals surface area contributed by atoms with Crippen molar-refractivity contribution < 1.29 is 4.79 Å². The first-order valence-corrected chi connectivity index (χ1v) is 9.50. The molecule has 0 saturated heterocycles. The maximum Gasteiger partial charge on any atom is 0.273 e. The number of pyridine rings is 1. The van der Waals surface area contributed by atoms with E-state index in [4.69, 9.17) is 0 Å². The Labute approximate surface area is 167 Å². The Bertz CT molecular complexity index is 1040. The molecule has 150 valence electrons. The van der Waals surface area contributed by atoms with E-state index < -0.39 is 0 Å². The number of amides is 1. The first kappa shape index (κ1) is 18.8. The minimum absolute atomic E-state index is 0.197. The third-order valence-electron chi connectivity index (χ3n) is 4.99. The van der Waals surface area contributed by atoms with Crippen LogP contribution in [0.25, 0.3) is 5.69 Å². The third-order valence-corrected chi connectivity index (χ3v) is 4.99. The molecule has 1 fully saturated rings. The first-order valence-electron chi connectivity index (χ1n) is 9.50. The van der Waals surface area contributed by atoms with Gasteiger partial charge in [-0.2, -0.15) is 9.78 Å². The molecule has 1 aliphatic carbocycles. The molecule has 29 heavy (non-hydrogen) atoms. The normalized spacial score (nSPS) is 18.5. The summed E-state index contributed by atoms with van der Waals surface area (Å²) in [5, 5.41) is 18.0. The van der Waals surface area contributed by atoms with Crippen molar-refractivity contribution in [3.8, 4) is 5.69 Å². The van der Waals surface area contributed by atoms with Gasteiger partial charge in [0.1, 0.15) is 5.82 Å². The van der Waals surface area contributed by atoms with E-state index in [0.29, 0.717) is 29.9 Å². The molecule has 1 amide bonds. The van der Waals surface area contributed by atoms with Crippen molar-refractivity contribution in [1.29, 1.82) is 0 Å². The van der Waals surface area contributed by atoms with Crippen molar-refractivity contribution in [2.75, 3.05) is 11.9 Å². The molecule has 0 spiro atoms. The number of carbonyl (C=O) groups excluding carboxylic acids is 1. The molecule has 3 aromatic heterocycles. The van der Waals surface area contributed by atoms with E-state index in [2.05, 4.69) is 31.0 Å². The average molecular weight is 394 g/mol. The second-order valence-electron chi connectivity index (χ2n) is 7.18. The molecule has 2 N–H and O–H groups in total. The first-order chi connectivity index (χ1) is 14.1. The van der Waals surface area contributed by atoms with E-state index in [0.717, 1.165) is 25.1 Å². The topological polar surface area (TPSA) is 120 Å². The molecule has 3 heterocycles. The van der Waals surface area contributed by atoms with Crippen LogP contribution in [-0.4, -0.2) is 48.3 Å². The Hall–Kier alpha value is -3.56. The Morgan fingerprint density at radius 2 is 2.17 bits per heavy atom. The average Bonchev–Trinajstić information content (AvgIpc) is 3.36. The summed E-state index contributed by atoms with van der Waals surface area (Å²) in [5.41, 5.74) is 0.755. The Balaban J connectivity index is 1.28. The Morgan fingerprint density at radius 1 is 1.28 bits per heavy atom. The molecule has 0 radical (unpaired) electrons. The van der Waals surface area contributed by atoms with Crippen LogP contribution in [0.15, 0.2) is 47.7 Å². The van der Waals surface area contributed by atoms with Gasteiger partial charge in [-0.3, -0.25) is 14.3 Å². The van der Waals surface area contributed by atoms with Gasteiger partial charge >= 0.3 is 0 Å². The molecule has 0 aromatic carbocycles. The van der Waals surface area contributed by atoms with Crippen molar-refractivity contribution in [1.82, 2.24) is 35.1 Å². The maximum atomic E-state index is 12.1. The monoisotopic (exact) mass is 394 g/mol. The van der Waals surface area contributed by atoms with Gasteiger partial charge < -0.3 is 10.6 Å². The lowest BCUT2D eigenvalue weighted by Crippen LogP contribution is -2.29. The van der Waals surface area contributed by atoms with Crippen molar-refractivity contribution in [3.63, 3.8) is 0 Å². The largest absolute Gasteiger partial charge is 0.367 e. The Kier molecular flexibility index (Phi) is 5.32. The number of nitrogens with zero attached hydrogens (tertiary/aromatic N) is 6. The number of hydrogen-bond acceptors (Lipinski definition) is 7. The highest BCUT2D eigenvalue weighted by Gasteiger charge is 2.25. The molecule has 1 aliphatic rings. The number of anilines is 1. The van der Waals surface area contributed by atoms with Gasteiger partial charge in [0, 0.05) is 31.9 Å². The lowest BCUT2D eigenvalue weighted by Gasteiger charge is -2.14. The number of rotatable bonds is 6. The minimum atomic E-state index is -0.198. The van der Waals surface area contributed by atoms with E-state index in [-0.39, 0.29) is 11.5 Å². The summed E-state index contributed by atoms with van der Waals surface area (Å²) in [7, 11) is 1.73. The molecule has 0 aliphatic heterocycles. The highest BCUT2D eigenvalue weighted by Crippen LogP contribution is 2.27. The fourth-order valence-corrected chi connectivity index (χ4v) is 3.53. The Morgan fingerprint density at radius 3 is 2.90 bits per heavy atom. The van der Waals surface area contributed by atoms with Gasteiger partial charge in [0.2, 0.25) is 0 Å². The predicted octanol–water partition coefficient (Wildman–Crippen LogP) is 0.767. The summed E-state index contributed by atoms with van der Waals surface area (Å²) in [4.78, 5) is 28.3. The smallest absolute Gasteiger partial charge is 0.273 e. The molecule has 4 rings (SSSR count). The molecule has 1 saturated carbocycles. The van der Waals surface area contributed by atoms with Crippen LogP contribution in [0, 0.1) is 5.92 Å². The van der Waals surface area contributed by atoms with E-state index in [1.54, 1.807) is 31.7 Å². The highest BCUT2D eigenvalue weighted by atomic mass is 16.2. The fourth-order valence-electron chi connectivity index (χ4n) is 3.53. The third kappa shape index (κ3) is 4.48. The minimum Gasteiger partial charge on any atom is -0.367 e. The van der Waals surface area contributed by atoms with Crippen molar-refractivity contribution >= 4 is 11.7 Å². The molecule has 3 aromatic rings. The van der Waals surface area contributed by atoms with Gasteiger partial charge in [0.25, 0.3) is 11.5 Å². The maximum absolute atomic E-state index is 12.1. The van der Waals surface area contributed by atoms with E-state index in [1.165, 1.54) is 15.4 Å². The van der Waals surface area contributed by atoms with E-state index in [1.807, 2.05) is 12.1 Å². The van der Waals surface area contributed by atoms with Crippen LogP contribution in [0.2, 0.25) is 0 Å². The molecule has 0 bridgehead atoms. The lowest BCUT2D eigenvalue weighted by molar-refractivity contribution is 0.0942. The molecular formula is C19H22N8O2. The van der Waals surface area contributed by atoms with Crippen LogP contribution < -0.4 is 16.2 Å². The van der Waals surface area contributed by atoms with E-state index >= 15 is 0 Å². The van der Waals surface area contributed by atoms with Crippen LogP contribution in [0.5, 0.6) is 0 Å². The number of aryl methyl sites for hydroxylation is 1. The van der Waals surface area contributed by atoms with Crippen LogP contribution >= 0.6 is 0 Å². The molecule has 2 atom stereocenters. The molecular weight excluding hydrogens is 372 g/mol. The van der Waals surface area contributed by atoms with Crippen LogP contribution in [-0.2, 0) is 7.05 Å².